The summed E-state index contributed by atoms with van der Waals surface area (Å²) in [5.41, 5.74) is 5.83. The first kappa shape index (κ1) is 23.6. The number of hydrogen-bond donors (Lipinski definition) is 2. The Kier molecular flexibility index (Phi) is 7.31. The molecule has 2 atom stereocenters. The molecule has 0 saturated carbocycles. The summed E-state index contributed by atoms with van der Waals surface area (Å²) in [7, 11) is 0. The van der Waals surface area contributed by atoms with Gasteiger partial charge in [0.05, 0.1) is 5.92 Å². The lowest BCUT2D eigenvalue weighted by Crippen LogP contribution is -2.43. The molecule has 2 amide bonds. The third-order valence-electron chi connectivity index (χ3n) is 6.38. The maximum Gasteiger partial charge on any atom is 0.253 e. The monoisotopic (exact) mass is 455 g/mol. The lowest BCUT2D eigenvalue weighted by molar-refractivity contribution is -0.121. The van der Waals surface area contributed by atoms with Crippen LogP contribution in [0.1, 0.15) is 52.9 Å². The van der Waals surface area contributed by atoms with Gasteiger partial charge < -0.3 is 15.5 Å². The lowest BCUT2D eigenvalue weighted by Gasteiger charge is -2.32. The van der Waals surface area contributed by atoms with Crippen molar-refractivity contribution >= 4 is 23.2 Å². The number of anilines is 2. The zero-order valence-corrected chi connectivity index (χ0v) is 20.2. The molecule has 0 aromatic heterocycles. The standard InChI is InChI=1S/C29H33N3O2/c1-20-16-21(2)18-25(17-20)29(34)32-15-7-10-24(19-32)28(33)31-27-13-11-26(12-14-27)30-22(3)23-8-5-4-6-9-23/h4-6,8-9,11-14,16-18,22,24,30H,7,10,15,19H2,1-3H3,(H,31,33). The zero-order chi connectivity index (χ0) is 24.1. The largest absolute Gasteiger partial charge is 0.379 e. The highest BCUT2D eigenvalue weighted by Gasteiger charge is 2.29. The third kappa shape index (κ3) is 5.84. The van der Waals surface area contributed by atoms with E-state index >= 15 is 0 Å². The maximum atomic E-state index is 13.0. The highest BCUT2D eigenvalue weighted by molar-refractivity contribution is 5.96. The molecule has 5 heteroatoms. The van der Waals surface area contributed by atoms with Gasteiger partial charge in [0, 0.05) is 36.1 Å². The van der Waals surface area contributed by atoms with E-state index in [2.05, 4.69) is 35.8 Å². The first-order chi connectivity index (χ1) is 16.4. The van der Waals surface area contributed by atoms with Crippen LogP contribution >= 0.6 is 0 Å². The summed E-state index contributed by atoms with van der Waals surface area (Å²) >= 11 is 0. The molecule has 34 heavy (non-hydrogen) atoms. The van der Waals surface area contributed by atoms with Crippen molar-refractivity contribution in [2.24, 2.45) is 5.92 Å². The van der Waals surface area contributed by atoms with Crippen molar-refractivity contribution in [1.29, 1.82) is 0 Å². The van der Waals surface area contributed by atoms with Crippen LogP contribution in [0.4, 0.5) is 11.4 Å². The van der Waals surface area contributed by atoms with Gasteiger partial charge in [-0.25, -0.2) is 0 Å². The summed E-state index contributed by atoms with van der Waals surface area (Å²) in [6.45, 7) is 7.26. The number of nitrogens with one attached hydrogen (secondary N) is 2. The molecule has 1 aliphatic rings. The van der Waals surface area contributed by atoms with Crippen molar-refractivity contribution in [1.82, 2.24) is 4.90 Å². The summed E-state index contributed by atoms with van der Waals surface area (Å²) < 4.78 is 0. The Morgan fingerprint density at radius 1 is 0.912 bits per heavy atom. The molecular weight excluding hydrogens is 422 g/mol. The van der Waals surface area contributed by atoms with E-state index in [9.17, 15) is 9.59 Å². The van der Waals surface area contributed by atoms with Crippen LogP contribution in [0.5, 0.6) is 0 Å². The summed E-state index contributed by atoms with van der Waals surface area (Å²) in [6.07, 6.45) is 1.62. The van der Waals surface area contributed by atoms with Gasteiger partial charge in [-0.1, -0.05) is 47.5 Å². The van der Waals surface area contributed by atoms with Crippen LogP contribution in [0.25, 0.3) is 0 Å². The normalized spacial score (nSPS) is 16.6. The predicted molar refractivity (Wildman–Crippen MR) is 138 cm³/mol. The van der Waals surface area contributed by atoms with Crippen molar-refractivity contribution in [2.75, 3.05) is 23.7 Å². The number of amides is 2. The number of nitrogens with zero attached hydrogens (tertiary/aromatic N) is 1. The minimum Gasteiger partial charge on any atom is -0.379 e. The molecule has 0 radical (unpaired) electrons. The summed E-state index contributed by atoms with van der Waals surface area (Å²) in [5.74, 6) is -0.233. The van der Waals surface area contributed by atoms with Crippen LogP contribution in [0.3, 0.4) is 0 Å². The SMILES string of the molecule is Cc1cc(C)cc(C(=O)N2CCCC(C(=O)Nc3ccc(NC(C)c4ccccc4)cc3)C2)c1. The van der Waals surface area contributed by atoms with Crippen LogP contribution in [0.2, 0.25) is 0 Å². The molecule has 0 bridgehead atoms. The van der Waals surface area contributed by atoms with E-state index in [1.54, 1.807) is 0 Å². The molecule has 0 aliphatic carbocycles. The Bertz CT molecular complexity index is 1120. The Morgan fingerprint density at radius 2 is 1.56 bits per heavy atom. The van der Waals surface area contributed by atoms with E-state index in [1.807, 2.05) is 73.3 Å². The second-order valence-corrected chi connectivity index (χ2v) is 9.31. The first-order valence-corrected chi connectivity index (χ1v) is 12.0. The fourth-order valence-corrected chi connectivity index (χ4v) is 4.63. The Labute approximate surface area is 202 Å². The Balaban J connectivity index is 1.34. The van der Waals surface area contributed by atoms with Gasteiger partial charge in [-0.05, 0) is 75.6 Å². The molecule has 3 aromatic rings. The van der Waals surface area contributed by atoms with Crippen molar-refractivity contribution < 1.29 is 9.59 Å². The molecule has 1 heterocycles. The number of hydrogen-bond acceptors (Lipinski definition) is 3. The second kappa shape index (κ2) is 10.6. The van der Waals surface area contributed by atoms with E-state index in [0.717, 1.165) is 35.3 Å². The fraction of sp³-hybridized carbons (Fsp3) is 0.310. The summed E-state index contributed by atoms with van der Waals surface area (Å²) in [6, 6.07) is 24.2. The number of piperidine rings is 1. The van der Waals surface area contributed by atoms with Gasteiger partial charge in [0.1, 0.15) is 0 Å². The van der Waals surface area contributed by atoms with Crippen molar-refractivity contribution in [2.45, 2.75) is 39.7 Å². The van der Waals surface area contributed by atoms with Crippen LogP contribution in [-0.4, -0.2) is 29.8 Å². The minimum absolute atomic E-state index is 0.00673. The van der Waals surface area contributed by atoms with E-state index < -0.39 is 0 Å². The van der Waals surface area contributed by atoms with Crippen molar-refractivity contribution in [3.05, 3.63) is 95.1 Å². The van der Waals surface area contributed by atoms with Crippen LogP contribution in [0.15, 0.2) is 72.8 Å². The van der Waals surface area contributed by atoms with Crippen molar-refractivity contribution in [3.8, 4) is 0 Å². The second-order valence-electron chi connectivity index (χ2n) is 9.31. The number of benzene rings is 3. The topological polar surface area (TPSA) is 61.4 Å². The third-order valence-corrected chi connectivity index (χ3v) is 6.38. The number of carbonyl (C=O) groups excluding carboxylic acids is 2. The number of carbonyl (C=O) groups is 2. The molecule has 1 saturated heterocycles. The average Bonchev–Trinajstić information content (AvgIpc) is 2.84. The van der Waals surface area contributed by atoms with Crippen molar-refractivity contribution in [3.63, 3.8) is 0 Å². The van der Waals surface area contributed by atoms with E-state index in [-0.39, 0.29) is 23.8 Å². The highest BCUT2D eigenvalue weighted by atomic mass is 16.2. The number of likely N-dealkylation sites (tertiary alicyclic amines) is 1. The van der Waals surface area contributed by atoms with E-state index in [4.69, 9.17) is 0 Å². The lowest BCUT2D eigenvalue weighted by atomic mass is 9.96. The number of rotatable bonds is 6. The predicted octanol–water partition coefficient (Wildman–Crippen LogP) is 5.97. The van der Waals surface area contributed by atoms with Gasteiger partial charge in [0.2, 0.25) is 5.91 Å². The fourth-order valence-electron chi connectivity index (χ4n) is 4.63. The molecule has 5 nitrogen and oxygen atoms in total. The molecule has 4 rings (SSSR count). The molecule has 1 fully saturated rings. The van der Waals surface area contributed by atoms with Gasteiger partial charge in [-0.15, -0.1) is 0 Å². The number of aryl methyl sites for hydroxylation is 2. The smallest absolute Gasteiger partial charge is 0.253 e. The van der Waals surface area contributed by atoms with Gasteiger partial charge >= 0.3 is 0 Å². The minimum atomic E-state index is -0.209. The molecule has 3 aromatic carbocycles. The molecule has 2 unspecified atom stereocenters. The van der Waals surface area contributed by atoms with E-state index in [1.165, 1.54) is 5.56 Å². The maximum absolute atomic E-state index is 13.0. The molecule has 1 aliphatic heterocycles. The summed E-state index contributed by atoms with van der Waals surface area (Å²) in [4.78, 5) is 27.8. The molecule has 176 valence electrons. The van der Waals surface area contributed by atoms with Gasteiger partial charge in [0.15, 0.2) is 0 Å². The summed E-state index contributed by atoms with van der Waals surface area (Å²) in [5, 5.41) is 6.52. The Hall–Kier alpha value is -3.60. The Morgan fingerprint density at radius 3 is 2.24 bits per heavy atom. The molecule has 2 N–H and O–H groups in total. The van der Waals surface area contributed by atoms with Crippen LogP contribution in [0, 0.1) is 19.8 Å². The molecule has 0 spiro atoms. The van der Waals surface area contributed by atoms with Crippen LogP contribution < -0.4 is 10.6 Å². The average molecular weight is 456 g/mol. The zero-order valence-electron chi connectivity index (χ0n) is 20.2. The first-order valence-electron chi connectivity index (χ1n) is 12.0. The highest BCUT2D eigenvalue weighted by Crippen LogP contribution is 2.24. The van der Waals surface area contributed by atoms with Gasteiger partial charge in [-0.3, -0.25) is 9.59 Å². The van der Waals surface area contributed by atoms with Crippen LogP contribution in [-0.2, 0) is 4.79 Å². The van der Waals surface area contributed by atoms with Gasteiger partial charge in [0.25, 0.3) is 5.91 Å². The quantitative estimate of drug-likeness (QED) is 0.482. The van der Waals surface area contributed by atoms with Gasteiger partial charge in [-0.2, -0.15) is 0 Å². The van der Waals surface area contributed by atoms with E-state index in [0.29, 0.717) is 18.7 Å². The molecular formula is C29H33N3O2.